The van der Waals surface area contributed by atoms with Gasteiger partial charge in [-0.15, -0.1) is 24.0 Å². The molecule has 3 heterocycles. The maximum Gasteiger partial charge on any atom is 0.193 e. The normalized spacial score (nSPS) is 36.0. The number of rotatable bonds is 5. The first kappa shape index (κ1) is 18.7. The molecule has 0 aromatic heterocycles. The Bertz CT molecular complexity index is 448. The monoisotopic (exact) mass is 448 g/mol. The number of aliphatic imine (C=N–C) groups is 1. The molecule has 1 saturated carbocycles. The largest absolute Gasteiger partial charge is 0.374 e. The van der Waals surface area contributed by atoms with Gasteiger partial charge in [0.05, 0.1) is 18.8 Å². The SMILES string of the molecule is CCNC(=NCC(C1CC1)N(C)C)N1CC2C3CCC(O3)C2C1.I. The fraction of sp³-hybridized carbons (Fsp3) is 0.944. The number of ether oxygens (including phenoxy) is 1. The van der Waals surface area contributed by atoms with Crippen LogP contribution in [0.15, 0.2) is 4.99 Å². The van der Waals surface area contributed by atoms with Crippen molar-refractivity contribution in [3.05, 3.63) is 0 Å². The highest BCUT2D eigenvalue weighted by atomic mass is 127. The summed E-state index contributed by atoms with van der Waals surface area (Å²) in [6.45, 7) is 6.31. The third-order valence-corrected chi connectivity index (χ3v) is 6.34. The summed E-state index contributed by atoms with van der Waals surface area (Å²) < 4.78 is 6.10. The van der Waals surface area contributed by atoms with Crippen LogP contribution in [0.2, 0.25) is 0 Å². The van der Waals surface area contributed by atoms with Gasteiger partial charge in [-0.25, -0.2) is 0 Å². The number of nitrogens with zero attached hydrogens (tertiary/aromatic N) is 3. The molecule has 4 rings (SSSR count). The van der Waals surface area contributed by atoms with E-state index in [1.165, 1.54) is 25.7 Å². The van der Waals surface area contributed by atoms with Crippen LogP contribution in [0.1, 0.15) is 32.6 Å². The smallest absolute Gasteiger partial charge is 0.193 e. The van der Waals surface area contributed by atoms with Crippen LogP contribution in [-0.4, -0.2) is 74.3 Å². The predicted octanol–water partition coefficient (Wildman–Crippen LogP) is 2.02. The maximum atomic E-state index is 6.10. The fourth-order valence-corrected chi connectivity index (χ4v) is 4.95. The minimum Gasteiger partial charge on any atom is -0.374 e. The molecule has 24 heavy (non-hydrogen) atoms. The lowest BCUT2D eigenvalue weighted by molar-refractivity contribution is 0.0767. The molecule has 3 aliphatic heterocycles. The van der Waals surface area contributed by atoms with Crippen molar-refractivity contribution in [2.45, 2.75) is 50.9 Å². The Kier molecular flexibility index (Phi) is 5.97. The number of halogens is 1. The van der Waals surface area contributed by atoms with E-state index in [-0.39, 0.29) is 24.0 Å². The van der Waals surface area contributed by atoms with Gasteiger partial charge in [-0.05, 0) is 52.6 Å². The highest BCUT2D eigenvalue weighted by molar-refractivity contribution is 14.0. The minimum atomic E-state index is 0. The fourth-order valence-electron chi connectivity index (χ4n) is 4.95. The summed E-state index contributed by atoms with van der Waals surface area (Å²) in [7, 11) is 4.39. The molecule has 2 bridgehead atoms. The van der Waals surface area contributed by atoms with E-state index in [0.29, 0.717) is 18.2 Å². The molecule has 0 amide bonds. The van der Waals surface area contributed by atoms with Crippen molar-refractivity contribution in [2.24, 2.45) is 22.7 Å². The standard InChI is InChI=1S/C18H32N4O.HI/c1-4-19-18(20-9-15(21(2)3)12-5-6-12)22-10-13-14(11-22)17-8-7-16(13)23-17;/h12-17H,4-11H2,1-3H3,(H,19,20);1H. The van der Waals surface area contributed by atoms with Gasteiger partial charge in [0.15, 0.2) is 5.96 Å². The predicted molar refractivity (Wildman–Crippen MR) is 108 cm³/mol. The molecular weight excluding hydrogens is 415 g/mol. The van der Waals surface area contributed by atoms with Crippen molar-refractivity contribution in [3.63, 3.8) is 0 Å². The first-order valence-electron chi connectivity index (χ1n) is 9.52. The minimum absolute atomic E-state index is 0. The van der Waals surface area contributed by atoms with Crippen LogP contribution in [0, 0.1) is 17.8 Å². The second-order valence-corrected chi connectivity index (χ2v) is 8.09. The molecule has 1 aliphatic carbocycles. The van der Waals surface area contributed by atoms with Crippen LogP contribution in [0.5, 0.6) is 0 Å². The Morgan fingerprint density at radius 2 is 1.79 bits per heavy atom. The van der Waals surface area contributed by atoms with Gasteiger partial charge in [0.25, 0.3) is 0 Å². The molecule has 4 fully saturated rings. The van der Waals surface area contributed by atoms with Gasteiger partial charge in [0, 0.05) is 37.5 Å². The Morgan fingerprint density at radius 3 is 2.29 bits per heavy atom. The van der Waals surface area contributed by atoms with Crippen molar-refractivity contribution in [1.82, 2.24) is 15.1 Å². The number of guanidine groups is 1. The third-order valence-electron chi connectivity index (χ3n) is 6.34. The topological polar surface area (TPSA) is 40.1 Å². The van der Waals surface area contributed by atoms with E-state index in [2.05, 4.69) is 36.1 Å². The lowest BCUT2D eigenvalue weighted by atomic mass is 9.82. The van der Waals surface area contributed by atoms with Crippen molar-refractivity contribution in [1.29, 1.82) is 0 Å². The second-order valence-electron chi connectivity index (χ2n) is 8.09. The van der Waals surface area contributed by atoms with Crippen molar-refractivity contribution in [2.75, 3.05) is 40.3 Å². The van der Waals surface area contributed by atoms with Crippen LogP contribution >= 0.6 is 24.0 Å². The summed E-state index contributed by atoms with van der Waals surface area (Å²) in [5.41, 5.74) is 0. The molecule has 0 radical (unpaired) electrons. The lowest BCUT2D eigenvalue weighted by Gasteiger charge is -2.26. The molecule has 0 aromatic rings. The van der Waals surface area contributed by atoms with Crippen LogP contribution in [0.25, 0.3) is 0 Å². The van der Waals surface area contributed by atoms with E-state index in [9.17, 15) is 0 Å². The molecule has 5 atom stereocenters. The number of likely N-dealkylation sites (N-methyl/N-ethyl adjacent to an activating group) is 1. The maximum absolute atomic E-state index is 6.10. The van der Waals surface area contributed by atoms with Gasteiger partial charge in [-0.1, -0.05) is 0 Å². The zero-order valence-corrected chi connectivity index (χ0v) is 17.6. The van der Waals surface area contributed by atoms with Crippen molar-refractivity contribution >= 4 is 29.9 Å². The van der Waals surface area contributed by atoms with Gasteiger partial charge in [-0.3, -0.25) is 4.99 Å². The van der Waals surface area contributed by atoms with Crippen LogP contribution in [-0.2, 0) is 4.74 Å². The first-order valence-corrected chi connectivity index (χ1v) is 9.52. The Balaban J connectivity index is 0.00000169. The van der Waals surface area contributed by atoms with E-state index in [4.69, 9.17) is 9.73 Å². The van der Waals surface area contributed by atoms with Crippen LogP contribution < -0.4 is 5.32 Å². The summed E-state index contributed by atoms with van der Waals surface area (Å²) in [5, 5.41) is 3.53. The summed E-state index contributed by atoms with van der Waals surface area (Å²) in [4.78, 5) is 9.89. The molecule has 5 unspecified atom stereocenters. The number of likely N-dealkylation sites (tertiary alicyclic amines) is 1. The van der Waals surface area contributed by atoms with E-state index >= 15 is 0 Å². The lowest BCUT2D eigenvalue weighted by Crippen LogP contribution is -2.42. The van der Waals surface area contributed by atoms with Gasteiger partial charge in [-0.2, -0.15) is 0 Å². The number of hydrogen-bond acceptors (Lipinski definition) is 3. The molecule has 6 heteroatoms. The molecular formula is C18H33IN4O. The van der Waals surface area contributed by atoms with Crippen molar-refractivity contribution in [3.8, 4) is 0 Å². The van der Waals surface area contributed by atoms with Crippen molar-refractivity contribution < 1.29 is 4.74 Å². The molecule has 0 aromatic carbocycles. The number of nitrogens with one attached hydrogen (secondary N) is 1. The Morgan fingerprint density at radius 1 is 1.17 bits per heavy atom. The zero-order valence-electron chi connectivity index (χ0n) is 15.3. The third kappa shape index (κ3) is 3.56. The van der Waals surface area contributed by atoms with E-state index in [0.717, 1.165) is 49.9 Å². The average molecular weight is 448 g/mol. The quantitative estimate of drug-likeness (QED) is 0.397. The van der Waals surface area contributed by atoms with Crippen LogP contribution in [0.4, 0.5) is 0 Å². The molecule has 4 aliphatic rings. The Labute approximate surface area is 163 Å². The highest BCUT2D eigenvalue weighted by Gasteiger charge is 2.53. The first-order chi connectivity index (χ1) is 11.2. The van der Waals surface area contributed by atoms with Gasteiger partial charge in [0.1, 0.15) is 0 Å². The highest BCUT2D eigenvalue weighted by Crippen LogP contribution is 2.47. The summed E-state index contributed by atoms with van der Waals surface area (Å²) in [5.74, 6) is 3.48. The second kappa shape index (κ2) is 7.66. The van der Waals surface area contributed by atoms with Gasteiger partial charge in [0.2, 0.25) is 0 Å². The summed E-state index contributed by atoms with van der Waals surface area (Å²) >= 11 is 0. The summed E-state index contributed by atoms with van der Waals surface area (Å²) in [6.07, 6.45) is 6.36. The van der Waals surface area contributed by atoms with E-state index in [1.807, 2.05) is 0 Å². The van der Waals surface area contributed by atoms with E-state index in [1.54, 1.807) is 0 Å². The Hall–Kier alpha value is -0.0800. The van der Waals surface area contributed by atoms with E-state index < -0.39 is 0 Å². The van der Waals surface area contributed by atoms with Gasteiger partial charge < -0.3 is 19.9 Å². The molecule has 3 saturated heterocycles. The van der Waals surface area contributed by atoms with Crippen LogP contribution in [0.3, 0.4) is 0 Å². The summed E-state index contributed by atoms with van der Waals surface area (Å²) in [6, 6.07) is 0.602. The molecule has 138 valence electrons. The molecule has 0 spiro atoms. The van der Waals surface area contributed by atoms with Gasteiger partial charge >= 0.3 is 0 Å². The molecule has 1 N–H and O–H groups in total. The number of fused-ring (bicyclic) bond motifs is 5. The average Bonchev–Trinajstić information content (AvgIpc) is 2.99. The zero-order chi connectivity index (χ0) is 16.0. The number of hydrogen-bond donors (Lipinski definition) is 1. The molecule has 5 nitrogen and oxygen atoms in total.